The first-order chi connectivity index (χ1) is 9.22. The van der Waals surface area contributed by atoms with E-state index in [2.05, 4.69) is 22.4 Å². The quantitative estimate of drug-likeness (QED) is 0.792. The summed E-state index contributed by atoms with van der Waals surface area (Å²) in [6.45, 7) is 0.826. The normalized spacial score (nSPS) is 15.6. The summed E-state index contributed by atoms with van der Waals surface area (Å²) in [5.74, 6) is 0. The van der Waals surface area contributed by atoms with Gasteiger partial charge in [-0.15, -0.1) is 0 Å². The second-order valence-corrected chi connectivity index (χ2v) is 5.05. The first-order valence-corrected chi connectivity index (χ1v) is 6.66. The fourth-order valence-electron chi connectivity index (χ4n) is 1.94. The second-order valence-electron chi connectivity index (χ2n) is 4.23. The smallest absolute Gasteiger partial charge is 0.211 e. The van der Waals surface area contributed by atoms with E-state index in [-0.39, 0.29) is 17.0 Å². The molecule has 0 aromatic heterocycles. The Kier molecular flexibility index (Phi) is 4.90. The van der Waals surface area contributed by atoms with Gasteiger partial charge in [0.15, 0.2) is 0 Å². The molecule has 2 aliphatic rings. The monoisotopic (exact) mass is 368 g/mol. The van der Waals surface area contributed by atoms with Gasteiger partial charge >= 0.3 is 0 Å². The van der Waals surface area contributed by atoms with E-state index < -0.39 is 0 Å². The zero-order chi connectivity index (χ0) is 13.2. The minimum absolute atomic E-state index is 0. The Morgan fingerprint density at radius 1 is 1.15 bits per heavy atom. The Morgan fingerprint density at radius 3 is 2.80 bits per heavy atom. The molecule has 1 aromatic rings. The predicted octanol–water partition coefficient (Wildman–Crippen LogP) is 1.38. The number of hydrogen-bond acceptors (Lipinski definition) is 2. The molecular formula is C15H11BrCl2N2. The van der Waals surface area contributed by atoms with Crippen molar-refractivity contribution >= 4 is 28.9 Å². The molecule has 2 aliphatic heterocycles. The Balaban J connectivity index is 0.00000147. The summed E-state index contributed by atoms with van der Waals surface area (Å²) in [5.41, 5.74) is 2.88. The van der Waals surface area contributed by atoms with E-state index in [1.807, 2.05) is 30.5 Å². The highest BCUT2D eigenvalue weighted by atomic mass is 79.9. The summed E-state index contributed by atoms with van der Waals surface area (Å²) in [6, 6.07) is 5.47. The van der Waals surface area contributed by atoms with Crippen LogP contribution in [0, 0.1) is 6.08 Å². The van der Waals surface area contributed by atoms with Crippen molar-refractivity contribution in [3.05, 3.63) is 76.2 Å². The minimum Gasteiger partial charge on any atom is -1.00 e. The van der Waals surface area contributed by atoms with Crippen LogP contribution in [0.4, 0.5) is 5.69 Å². The van der Waals surface area contributed by atoms with Crippen molar-refractivity contribution in [2.75, 3.05) is 11.9 Å². The van der Waals surface area contributed by atoms with Crippen LogP contribution in [0.25, 0.3) is 0 Å². The molecule has 0 aliphatic carbocycles. The molecule has 2 heterocycles. The lowest BCUT2D eigenvalue weighted by atomic mass is 10.1. The summed E-state index contributed by atoms with van der Waals surface area (Å²) >= 11 is 11.9. The third-order valence-electron chi connectivity index (χ3n) is 2.89. The van der Waals surface area contributed by atoms with Gasteiger partial charge < -0.3 is 27.2 Å². The summed E-state index contributed by atoms with van der Waals surface area (Å²) in [7, 11) is 0. The molecule has 1 aromatic carbocycles. The van der Waals surface area contributed by atoms with Gasteiger partial charge in [0.1, 0.15) is 0 Å². The molecule has 1 N–H and O–H groups in total. The molecule has 0 spiro atoms. The fraction of sp³-hybridized carbons (Fsp3) is 0.0667. The van der Waals surface area contributed by atoms with Crippen LogP contribution in [0.15, 0.2) is 60.1 Å². The predicted molar refractivity (Wildman–Crippen MR) is 79.9 cm³/mol. The van der Waals surface area contributed by atoms with Crippen molar-refractivity contribution in [3.63, 3.8) is 0 Å². The van der Waals surface area contributed by atoms with E-state index in [0.29, 0.717) is 10.0 Å². The van der Waals surface area contributed by atoms with Crippen LogP contribution in [-0.2, 0) is 0 Å². The molecule has 0 unspecified atom stereocenters. The van der Waals surface area contributed by atoms with Gasteiger partial charge in [0, 0.05) is 11.9 Å². The van der Waals surface area contributed by atoms with E-state index in [1.54, 1.807) is 12.1 Å². The maximum absolute atomic E-state index is 6.00. The summed E-state index contributed by atoms with van der Waals surface area (Å²) in [4.78, 5) is 2.13. The van der Waals surface area contributed by atoms with Crippen LogP contribution in [-0.4, -0.2) is 11.4 Å². The Hall–Kier alpha value is -1.25. The summed E-state index contributed by atoms with van der Waals surface area (Å²) < 4.78 is 0. The van der Waals surface area contributed by atoms with Gasteiger partial charge in [-0.3, -0.25) is 0 Å². The molecule has 0 saturated heterocycles. The molecule has 0 radical (unpaired) electrons. The summed E-state index contributed by atoms with van der Waals surface area (Å²) in [6.07, 6.45) is 13.5. The van der Waals surface area contributed by atoms with Gasteiger partial charge in [-0.1, -0.05) is 23.2 Å². The summed E-state index contributed by atoms with van der Waals surface area (Å²) in [5, 5.41) is 4.38. The van der Waals surface area contributed by atoms with Gasteiger partial charge in [-0.05, 0) is 30.4 Å². The highest BCUT2D eigenvalue weighted by Crippen LogP contribution is 2.27. The zero-order valence-electron chi connectivity index (χ0n) is 10.4. The maximum Gasteiger partial charge on any atom is 0.211 e. The van der Waals surface area contributed by atoms with Crippen molar-refractivity contribution in [3.8, 4) is 0 Å². The van der Waals surface area contributed by atoms with Crippen molar-refractivity contribution in [1.29, 1.82) is 0 Å². The largest absolute Gasteiger partial charge is 1.00 e. The lowest BCUT2D eigenvalue weighted by molar-refractivity contribution is -0.00000352. The van der Waals surface area contributed by atoms with Crippen molar-refractivity contribution in [2.24, 2.45) is 0 Å². The van der Waals surface area contributed by atoms with Crippen LogP contribution in [0.3, 0.4) is 0 Å². The zero-order valence-corrected chi connectivity index (χ0v) is 13.5. The molecule has 5 heteroatoms. The topological polar surface area (TPSA) is 15.3 Å². The number of benzene rings is 1. The minimum atomic E-state index is 0. The van der Waals surface area contributed by atoms with Gasteiger partial charge in [0.05, 0.1) is 34.8 Å². The lowest BCUT2D eigenvalue weighted by Crippen LogP contribution is -3.00. The van der Waals surface area contributed by atoms with Gasteiger partial charge in [-0.2, -0.15) is 0 Å². The molecule has 0 fully saturated rings. The number of halogens is 3. The number of nitrogens with zero attached hydrogens (tertiary/aromatic N) is 1. The number of hydrogen-bond donors (Lipinski definition) is 1. The Bertz CT molecular complexity index is 633. The van der Waals surface area contributed by atoms with Crippen LogP contribution >= 0.6 is 23.2 Å². The second kappa shape index (κ2) is 6.47. The number of allylic oxidation sites excluding steroid dienone is 4. The van der Waals surface area contributed by atoms with E-state index in [1.165, 1.54) is 0 Å². The number of anilines is 1. The van der Waals surface area contributed by atoms with Crippen molar-refractivity contribution in [2.45, 2.75) is 0 Å². The van der Waals surface area contributed by atoms with Gasteiger partial charge in [-0.25, -0.2) is 0 Å². The van der Waals surface area contributed by atoms with Crippen LogP contribution < -0.4 is 22.3 Å². The Morgan fingerprint density at radius 2 is 2.00 bits per heavy atom. The highest BCUT2D eigenvalue weighted by molar-refractivity contribution is 6.42. The third-order valence-corrected chi connectivity index (χ3v) is 3.63. The van der Waals surface area contributed by atoms with E-state index in [4.69, 9.17) is 23.2 Å². The number of rotatable bonds is 2. The lowest BCUT2D eigenvalue weighted by Gasteiger charge is -2.19. The highest BCUT2D eigenvalue weighted by Gasteiger charge is 2.20. The molecule has 3 rings (SSSR count). The molecule has 0 atom stereocenters. The van der Waals surface area contributed by atoms with Gasteiger partial charge in [0.25, 0.3) is 0 Å². The Labute approximate surface area is 138 Å². The number of fused-ring (bicyclic) bond motifs is 1. The van der Waals surface area contributed by atoms with E-state index in [9.17, 15) is 0 Å². The first-order valence-electron chi connectivity index (χ1n) is 5.90. The SMILES string of the molecule is Clc1ccc(NC2=CCN3C=CC=CC3=[C+]2)cc1Cl.[Br-]. The number of nitrogens with one attached hydrogen (secondary N) is 1. The molecular weight excluding hydrogens is 359 g/mol. The van der Waals surface area contributed by atoms with Crippen molar-refractivity contribution < 1.29 is 17.0 Å². The average Bonchev–Trinajstić information content (AvgIpc) is 2.43. The first kappa shape index (κ1) is 15.1. The maximum atomic E-state index is 6.00. The van der Waals surface area contributed by atoms with E-state index in [0.717, 1.165) is 23.6 Å². The average molecular weight is 370 g/mol. The van der Waals surface area contributed by atoms with Crippen molar-refractivity contribution in [1.82, 2.24) is 4.90 Å². The van der Waals surface area contributed by atoms with Crippen LogP contribution in [0.1, 0.15) is 0 Å². The fourth-order valence-corrected chi connectivity index (χ4v) is 2.24. The standard InChI is InChI=1S/C15H11Cl2N2.BrH/c16-14-5-4-11(10-15(14)17)18-12-6-8-19-7-2-1-3-13(19)9-12;/h1-7,10,18H,8H2;1H/q+1;/p-1. The van der Waals surface area contributed by atoms with Crippen LogP contribution in [0.5, 0.6) is 0 Å². The van der Waals surface area contributed by atoms with Crippen LogP contribution in [0.2, 0.25) is 10.0 Å². The van der Waals surface area contributed by atoms with E-state index >= 15 is 0 Å². The molecule has 0 saturated carbocycles. The molecule has 0 bridgehead atoms. The third kappa shape index (κ3) is 3.25. The van der Waals surface area contributed by atoms with Gasteiger partial charge in [0.2, 0.25) is 11.4 Å². The molecule has 20 heavy (non-hydrogen) atoms. The molecule has 2 nitrogen and oxygen atoms in total. The molecule has 102 valence electrons. The molecule has 0 amide bonds.